The van der Waals surface area contributed by atoms with Gasteiger partial charge in [0.15, 0.2) is 5.82 Å². The number of rotatable bonds is 6. The fraction of sp³-hybridized carbons (Fsp3) is 0.250. The molecule has 0 aliphatic carbocycles. The van der Waals surface area contributed by atoms with Gasteiger partial charge in [-0.3, -0.25) is 14.2 Å². The maximum Gasteiger partial charge on any atom is 0.258 e. The second-order valence-electron chi connectivity index (χ2n) is 7.67. The molecule has 2 heterocycles. The van der Waals surface area contributed by atoms with Crippen molar-refractivity contribution in [2.75, 3.05) is 5.32 Å². The number of fused-ring (bicyclic) bond motifs is 1. The molecule has 0 unspecified atom stereocenters. The lowest BCUT2D eigenvalue weighted by atomic mass is 10.1. The summed E-state index contributed by atoms with van der Waals surface area (Å²) in [4.78, 5) is 30.2. The molecule has 1 amide bonds. The van der Waals surface area contributed by atoms with Crippen molar-refractivity contribution in [3.63, 3.8) is 0 Å². The van der Waals surface area contributed by atoms with Crippen molar-refractivity contribution < 1.29 is 9.32 Å². The third-order valence-corrected chi connectivity index (χ3v) is 5.18. The number of pyridine rings is 1. The number of carbonyl (C=O) groups excluding carboxylic acids is 1. The Hall–Kier alpha value is -3.74. The summed E-state index contributed by atoms with van der Waals surface area (Å²) in [6, 6.07) is 16.5. The highest BCUT2D eigenvalue weighted by Crippen LogP contribution is 2.27. The molecule has 0 fully saturated rings. The van der Waals surface area contributed by atoms with E-state index in [0.717, 1.165) is 23.1 Å². The molecular formula is C24H24N4O3. The van der Waals surface area contributed by atoms with Gasteiger partial charge in [0.1, 0.15) is 6.54 Å². The van der Waals surface area contributed by atoms with Crippen molar-refractivity contribution in [2.45, 2.75) is 39.7 Å². The van der Waals surface area contributed by atoms with Gasteiger partial charge in [0.2, 0.25) is 5.91 Å². The predicted octanol–water partition coefficient (Wildman–Crippen LogP) is 4.38. The summed E-state index contributed by atoms with van der Waals surface area (Å²) >= 11 is 0. The predicted molar refractivity (Wildman–Crippen MR) is 120 cm³/mol. The van der Waals surface area contributed by atoms with Crippen LogP contribution in [0.3, 0.4) is 0 Å². The summed E-state index contributed by atoms with van der Waals surface area (Å²) in [5.41, 5.74) is 2.69. The van der Waals surface area contributed by atoms with E-state index in [4.69, 9.17) is 4.52 Å². The number of carbonyl (C=O) groups is 1. The monoisotopic (exact) mass is 416 g/mol. The Morgan fingerprint density at radius 2 is 1.87 bits per heavy atom. The second kappa shape index (κ2) is 8.55. The molecular weight excluding hydrogens is 392 g/mol. The number of hydrogen-bond donors (Lipinski definition) is 1. The Morgan fingerprint density at radius 1 is 1.13 bits per heavy atom. The van der Waals surface area contributed by atoms with Crippen LogP contribution in [0.4, 0.5) is 5.69 Å². The Kier molecular flexibility index (Phi) is 5.66. The molecule has 0 aliphatic heterocycles. The maximum absolute atomic E-state index is 13.0. The standard InChI is InChI=1S/C24H24N4O3/c1-4-16-9-5-7-11-19(16)25-21(29)14-28-20-12-8-6-10-17(20)18(13-22(28)30)24-26-23(15(2)3)27-31-24/h5-13,15H,4,14H2,1-3H3,(H,25,29). The molecule has 158 valence electrons. The summed E-state index contributed by atoms with van der Waals surface area (Å²) in [5.74, 6) is 0.724. The Bertz CT molecular complexity index is 1300. The van der Waals surface area contributed by atoms with Crippen molar-refractivity contribution in [1.82, 2.24) is 14.7 Å². The van der Waals surface area contributed by atoms with E-state index in [1.165, 1.54) is 10.6 Å². The lowest BCUT2D eigenvalue weighted by Crippen LogP contribution is -2.28. The normalized spacial score (nSPS) is 11.2. The number of nitrogens with one attached hydrogen (secondary N) is 1. The molecule has 7 nitrogen and oxygen atoms in total. The summed E-state index contributed by atoms with van der Waals surface area (Å²) in [6.07, 6.45) is 0.802. The van der Waals surface area contributed by atoms with Gasteiger partial charge in [-0.25, -0.2) is 0 Å². The van der Waals surface area contributed by atoms with Crippen molar-refractivity contribution in [2.24, 2.45) is 0 Å². The van der Waals surface area contributed by atoms with Gasteiger partial charge in [-0.2, -0.15) is 4.98 Å². The lowest BCUT2D eigenvalue weighted by molar-refractivity contribution is -0.116. The van der Waals surface area contributed by atoms with Gasteiger partial charge in [-0.05, 0) is 24.1 Å². The molecule has 4 rings (SSSR count). The van der Waals surface area contributed by atoms with Gasteiger partial charge in [0, 0.05) is 23.1 Å². The highest BCUT2D eigenvalue weighted by atomic mass is 16.5. The molecule has 0 atom stereocenters. The van der Waals surface area contributed by atoms with E-state index in [0.29, 0.717) is 22.8 Å². The van der Waals surface area contributed by atoms with Crippen LogP contribution in [0.5, 0.6) is 0 Å². The molecule has 0 saturated heterocycles. The summed E-state index contributed by atoms with van der Waals surface area (Å²) in [7, 11) is 0. The minimum atomic E-state index is -0.308. The van der Waals surface area contributed by atoms with E-state index in [2.05, 4.69) is 15.5 Å². The van der Waals surface area contributed by atoms with Crippen molar-refractivity contribution in [1.29, 1.82) is 0 Å². The molecule has 0 spiro atoms. The fourth-order valence-corrected chi connectivity index (χ4v) is 3.54. The molecule has 2 aromatic heterocycles. The molecule has 0 radical (unpaired) electrons. The van der Waals surface area contributed by atoms with Crippen molar-refractivity contribution >= 4 is 22.5 Å². The fourth-order valence-electron chi connectivity index (χ4n) is 3.54. The summed E-state index contributed by atoms with van der Waals surface area (Å²) in [5, 5.41) is 7.69. The van der Waals surface area contributed by atoms with Crippen LogP contribution in [0.15, 0.2) is 63.9 Å². The minimum Gasteiger partial charge on any atom is -0.334 e. The van der Waals surface area contributed by atoms with Gasteiger partial charge < -0.3 is 9.84 Å². The third kappa shape index (κ3) is 4.12. The van der Waals surface area contributed by atoms with E-state index in [1.54, 1.807) is 0 Å². The van der Waals surface area contributed by atoms with Crippen LogP contribution in [0, 0.1) is 0 Å². The van der Waals surface area contributed by atoms with E-state index >= 15 is 0 Å². The molecule has 2 aromatic carbocycles. The number of aromatic nitrogens is 3. The first kappa shape index (κ1) is 20.5. The van der Waals surface area contributed by atoms with Crippen molar-refractivity contribution in [3.05, 3.63) is 76.3 Å². The number of para-hydroxylation sites is 2. The quantitative estimate of drug-likeness (QED) is 0.504. The molecule has 1 N–H and O–H groups in total. The molecule has 0 saturated carbocycles. The average Bonchev–Trinajstić information content (AvgIpc) is 3.26. The number of hydrogen-bond acceptors (Lipinski definition) is 5. The van der Waals surface area contributed by atoms with Gasteiger partial charge in [0.25, 0.3) is 11.4 Å². The first-order chi connectivity index (χ1) is 15.0. The Morgan fingerprint density at radius 3 is 2.61 bits per heavy atom. The molecule has 0 aliphatic rings. The Labute approximate surface area is 179 Å². The highest BCUT2D eigenvalue weighted by Gasteiger charge is 2.18. The average molecular weight is 416 g/mol. The van der Waals surface area contributed by atoms with Gasteiger partial charge in [0.05, 0.1) is 11.1 Å². The van der Waals surface area contributed by atoms with Crippen LogP contribution in [0.25, 0.3) is 22.4 Å². The van der Waals surface area contributed by atoms with Gasteiger partial charge in [-0.15, -0.1) is 0 Å². The summed E-state index contributed by atoms with van der Waals surface area (Å²) in [6.45, 7) is 5.88. The minimum absolute atomic E-state index is 0.0985. The van der Waals surface area contributed by atoms with Crippen LogP contribution >= 0.6 is 0 Å². The van der Waals surface area contributed by atoms with E-state index < -0.39 is 0 Å². The van der Waals surface area contributed by atoms with Gasteiger partial charge >= 0.3 is 0 Å². The number of anilines is 1. The van der Waals surface area contributed by atoms with E-state index in [1.807, 2.05) is 69.3 Å². The zero-order valence-electron chi connectivity index (χ0n) is 17.8. The zero-order valence-corrected chi connectivity index (χ0v) is 17.8. The van der Waals surface area contributed by atoms with Crippen LogP contribution in [-0.4, -0.2) is 20.6 Å². The zero-order chi connectivity index (χ0) is 22.0. The van der Waals surface area contributed by atoms with E-state index in [-0.39, 0.29) is 23.9 Å². The largest absolute Gasteiger partial charge is 0.334 e. The maximum atomic E-state index is 13.0. The van der Waals surface area contributed by atoms with E-state index in [9.17, 15) is 9.59 Å². The Balaban J connectivity index is 1.71. The van der Waals surface area contributed by atoms with Gasteiger partial charge in [-0.1, -0.05) is 62.3 Å². The van der Waals surface area contributed by atoms with Crippen LogP contribution in [-0.2, 0) is 17.8 Å². The highest BCUT2D eigenvalue weighted by molar-refractivity contribution is 5.95. The smallest absolute Gasteiger partial charge is 0.258 e. The van der Waals surface area contributed by atoms with Crippen molar-refractivity contribution in [3.8, 4) is 11.5 Å². The summed E-state index contributed by atoms with van der Waals surface area (Å²) < 4.78 is 6.87. The number of nitrogens with zero attached hydrogens (tertiary/aromatic N) is 3. The third-order valence-electron chi connectivity index (χ3n) is 5.18. The SMILES string of the molecule is CCc1ccccc1NC(=O)Cn1c(=O)cc(-c2nc(C(C)C)no2)c2ccccc21. The second-order valence-corrected chi connectivity index (χ2v) is 7.67. The molecule has 4 aromatic rings. The van der Waals surface area contributed by atoms with Crippen LogP contribution < -0.4 is 10.9 Å². The van der Waals surface area contributed by atoms with Crippen LogP contribution in [0.1, 0.15) is 38.1 Å². The number of benzene rings is 2. The first-order valence-corrected chi connectivity index (χ1v) is 10.3. The lowest BCUT2D eigenvalue weighted by Gasteiger charge is -2.13. The topological polar surface area (TPSA) is 90.0 Å². The number of aryl methyl sites for hydroxylation is 1. The first-order valence-electron chi connectivity index (χ1n) is 10.3. The number of amides is 1. The molecule has 7 heteroatoms. The molecule has 0 bridgehead atoms. The van der Waals surface area contributed by atoms with Crippen LogP contribution in [0.2, 0.25) is 0 Å². The molecule has 31 heavy (non-hydrogen) atoms.